The van der Waals surface area contributed by atoms with Gasteiger partial charge in [0.05, 0.1) is 5.92 Å². The van der Waals surface area contributed by atoms with Crippen molar-refractivity contribution in [3.8, 4) is 0 Å². The van der Waals surface area contributed by atoms with Gasteiger partial charge in [-0.2, -0.15) is 0 Å². The number of hydrogen-bond acceptors (Lipinski definition) is 2. The van der Waals surface area contributed by atoms with Gasteiger partial charge in [0.15, 0.2) is 0 Å². The molecule has 0 amide bonds. The fourth-order valence-corrected chi connectivity index (χ4v) is 6.42. The molecule has 2 nitrogen and oxygen atoms in total. The highest BCUT2D eigenvalue weighted by Gasteiger charge is 2.33. The van der Waals surface area contributed by atoms with E-state index in [-0.39, 0.29) is 17.5 Å². The number of Topliss-reactive ketones (excluding diaryl/α,β-unsaturated/α-hetero) is 2. The molecule has 0 aromatic heterocycles. The maximum Gasteiger partial charge on any atom is 0.147 e. The quantitative estimate of drug-likeness (QED) is 0.202. The van der Waals surface area contributed by atoms with Gasteiger partial charge in [-0.25, -0.2) is 0 Å². The molecule has 2 heteroatoms. The largest absolute Gasteiger partial charge is 0.299 e. The summed E-state index contributed by atoms with van der Waals surface area (Å²) >= 11 is 0. The highest BCUT2D eigenvalue weighted by Crippen LogP contribution is 2.38. The van der Waals surface area contributed by atoms with Crippen molar-refractivity contribution in [1.29, 1.82) is 0 Å². The lowest BCUT2D eigenvalue weighted by atomic mass is 9.76. The van der Waals surface area contributed by atoms with Gasteiger partial charge < -0.3 is 0 Å². The van der Waals surface area contributed by atoms with Crippen LogP contribution in [0.5, 0.6) is 0 Å². The van der Waals surface area contributed by atoms with Crippen molar-refractivity contribution in [2.24, 2.45) is 17.8 Å². The average Bonchev–Trinajstić information content (AvgIpc) is 2.85. The summed E-state index contributed by atoms with van der Waals surface area (Å²) in [5.74, 6) is 2.14. The zero-order valence-electron chi connectivity index (χ0n) is 22.2. The third kappa shape index (κ3) is 8.65. The summed E-state index contributed by atoms with van der Waals surface area (Å²) in [5, 5.41) is 0. The lowest BCUT2D eigenvalue weighted by Crippen LogP contribution is -2.32. The molecule has 0 heterocycles. The minimum absolute atomic E-state index is 0.145. The van der Waals surface area contributed by atoms with Crippen molar-refractivity contribution in [3.63, 3.8) is 0 Å². The molecular weight excluding hydrogens is 416 g/mol. The number of carbonyl (C=O) groups excluding carboxylic acids is 2. The van der Waals surface area contributed by atoms with Crippen molar-refractivity contribution < 1.29 is 9.59 Å². The molecular formula is C32H50O2. The van der Waals surface area contributed by atoms with E-state index >= 15 is 0 Å². The molecule has 0 bridgehead atoms. The Kier molecular flexibility index (Phi) is 11.9. The van der Waals surface area contributed by atoms with E-state index in [0.717, 1.165) is 24.3 Å². The number of carbonyl (C=O) groups is 2. The highest BCUT2D eigenvalue weighted by molar-refractivity contribution is 6.03. The van der Waals surface area contributed by atoms with E-state index in [1.165, 1.54) is 95.5 Å². The van der Waals surface area contributed by atoms with Crippen LogP contribution in [0.25, 0.3) is 0 Å². The summed E-state index contributed by atoms with van der Waals surface area (Å²) in [5.41, 5.74) is 2.52. The molecule has 2 fully saturated rings. The van der Waals surface area contributed by atoms with Crippen LogP contribution < -0.4 is 0 Å². The average molecular weight is 467 g/mol. The third-order valence-electron chi connectivity index (χ3n) is 8.74. The Morgan fingerprint density at radius 2 is 1.32 bits per heavy atom. The highest BCUT2D eigenvalue weighted by atomic mass is 16.1. The fraction of sp³-hybridized carbons (Fsp3) is 0.750. The van der Waals surface area contributed by atoms with Crippen LogP contribution in [0, 0.1) is 17.8 Å². The van der Waals surface area contributed by atoms with Crippen molar-refractivity contribution in [1.82, 2.24) is 0 Å². The van der Waals surface area contributed by atoms with Crippen LogP contribution in [0.15, 0.2) is 24.3 Å². The number of benzene rings is 1. The van der Waals surface area contributed by atoms with E-state index in [1.54, 1.807) is 0 Å². The Bertz CT molecular complexity index is 726. The molecule has 1 aromatic rings. The summed E-state index contributed by atoms with van der Waals surface area (Å²) in [6.07, 6.45) is 21.4. The van der Waals surface area contributed by atoms with Crippen LogP contribution in [0.4, 0.5) is 0 Å². The van der Waals surface area contributed by atoms with Gasteiger partial charge in [0.1, 0.15) is 11.6 Å². The number of unbranched alkanes of at least 4 members (excludes halogenated alkanes) is 6. The van der Waals surface area contributed by atoms with Crippen LogP contribution in [0.3, 0.4) is 0 Å². The van der Waals surface area contributed by atoms with Crippen LogP contribution in [-0.2, 0) is 16.0 Å². The van der Waals surface area contributed by atoms with Crippen molar-refractivity contribution in [2.75, 3.05) is 0 Å². The molecule has 0 N–H and O–H groups in total. The van der Waals surface area contributed by atoms with Gasteiger partial charge in [-0.3, -0.25) is 9.59 Å². The molecule has 3 rings (SSSR count). The Morgan fingerprint density at radius 3 is 2.00 bits per heavy atom. The normalized spacial score (nSPS) is 25.4. The molecule has 2 aliphatic carbocycles. The Morgan fingerprint density at radius 1 is 0.735 bits per heavy atom. The van der Waals surface area contributed by atoms with Crippen LogP contribution in [0.2, 0.25) is 0 Å². The second kappa shape index (κ2) is 14.8. The lowest BCUT2D eigenvalue weighted by molar-refractivity contribution is -0.135. The first-order chi connectivity index (χ1) is 16.6. The predicted octanol–water partition coefficient (Wildman–Crippen LogP) is 9.00. The molecule has 190 valence electrons. The van der Waals surface area contributed by atoms with Gasteiger partial charge in [-0.05, 0) is 67.4 Å². The number of hydrogen-bond donors (Lipinski definition) is 0. The summed E-state index contributed by atoms with van der Waals surface area (Å²) in [4.78, 5) is 25.6. The molecule has 2 saturated carbocycles. The number of rotatable bonds is 14. The summed E-state index contributed by atoms with van der Waals surface area (Å²) < 4.78 is 0. The fourth-order valence-electron chi connectivity index (χ4n) is 6.42. The maximum atomic E-state index is 12.9. The van der Waals surface area contributed by atoms with Crippen molar-refractivity contribution in [2.45, 2.75) is 135 Å². The van der Waals surface area contributed by atoms with Gasteiger partial charge in [0.2, 0.25) is 0 Å². The monoisotopic (exact) mass is 466 g/mol. The Hall–Kier alpha value is -1.44. The van der Waals surface area contributed by atoms with Gasteiger partial charge in [-0.1, -0.05) is 102 Å². The Balaban J connectivity index is 1.39. The molecule has 0 spiro atoms. The number of ketones is 2. The second-order valence-electron chi connectivity index (χ2n) is 11.5. The molecule has 2 atom stereocenters. The molecule has 0 radical (unpaired) electrons. The standard InChI is InChI=1S/C32H50O2/c1-3-5-7-8-10-12-26-17-22-30(31(33)23-26)32(34)24-27-15-20-29(21-16-27)28-18-13-25(14-19-28)11-9-6-4-2/h15-16,20-21,25-26,28,30H,3-14,17-19,22-24H2,1-2H3. The summed E-state index contributed by atoms with van der Waals surface area (Å²) in [6, 6.07) is 8.80. The van der Waals surface area contributed by atoms with E-state index in [9.17, 15) is 9.59 Å². The first kappa shape index (κ1) is 27.2. The maximum absolute atomic E-state index is 12.9. The predicted molar refractivity (Wildman–Crippen MR) is 143 cm³/mol. The van der Waals surface area contributed by atoms with E-state index in [1.807, 2.05) is 0 Å². The zero-order chi connectivity index (χ0) is 24.2. The minimum Gasteiger partial charge on any atom is -0.299 e. The van der Waals surface area contributed by atoms with Crippen LogP contribution >= 0.6 is 0 Å². The minimum atomic E-state index is -0.348. The van der Waals surface area contributed by atoms with Crippen molar-refractivity contribution >= 4 is 11.6 Å². The molecule has 1 aromatic carbocycles. The Labute approximate surface area is 209 Å². The first-order valence-electron chi connectivity index (χ1n) is 14.7. The van der Waals surface area contributed by atoms with Gasteiger partial charge in [-0.15, -0.1) is 0 Å². The van der Waals surface area contributed by atoms with E-state index in [4.69, 9.17) is 0 Å². The summed E-state index contributed by atoms with van der Waals surface area (Å²) in [7, 11) is 0. The van der Waals surface area contributed by atoms with Gasteiger partial charge in [0.25, 0.3) is 0 Å². The second-order valence-corrected chi connectivity index (χ2v) is 11.5. The molecule has 34 heavy (non-hydrogen) atoms. The lowest BCUT2D eigenvalue weighted by Gasteiger charge is -2.29. The van der Waals surface area contributed by atoms with Gasteiger partial charge >= 0.3 is 0 Å². The van der Waals surface area contributed by atoms with Crippen molar-refractivity contribution in [3.05, 3.63) is 35.4 Å². The van der Waals surface area contributed by atoms with Gasteiger partial charge in [0, 0.05) is 12.8 Å². The topological polar surface area (TPSA) is 34.1 Å². The van der Waals surface area contributed by atoms with E-state index < -0.39 is 0 Å². The van der Waals surface area contributed by atoms with Crippen LogP contribution in [0.1, 0.15) is 140 Å². The van der Waals surface area contributed by atoms with E-state index in [2.05, 4.69) is 38.1 Å². The first-order valence-corrected chi connectivity index (χ1v) is 14.7. The smallest absolute Gasteiger partial charge is 0.147 e. The molecule has 0 saturated heterocycles. The zero-order valence-corrected chi connectivity index (χ0v) is 22.2. The third-order valence-corrected chi connectivity index (χ3v) is 8.74. The molecule has 2 unspecified atom stereocenters. The molecule has 2 aliphatic rings. The van der Waals surface area contributed by atoms with Crippen LogP contribution in [-0.4, -0.2) is 11.6 Å². The van der Waals surface area contributed by atoms with E-state index in [0.29, 0.717) is 24.7 Å². The molecule has 0 aliphatic heterocycles. The SMILES string of the molecule is CCCCCCCC1CCC(C(=O)Cc2ccc(C3CCC(CCCCC)CC3)cc2)C(=O)C1. The summed E-state index contributed by atoms with van der Waals surface area (Å²) in [6.45, 7) is 4.53.